The zero-order chi connectivity index (χ0) is 11.9. The molecule has 0 radical (unpaired) electrons. The van der Waals surface area contributed by atoms with Gasteiger partial charge in [-0.25, -0.2) is 9.59 Å². The molecule has 0 spiro atoms. The molecule has 0 aliphatic rings. The summed E-state index contributed by atoms with van der Waals surface area (Å²) in [5.41, 5.74) is -0.995. The van der Waals surface area contributed by atoms with Gasteiger partial charge < -0.3 is 15.4 Å². The van der Waals surface area contributed by atoms with E-state index in [-0.39, 0.29) is 6.03 Å². The number of hydrogen-bond donors (Lipinski definition) is 2. The topological polar surface area (TPSA) is 67.4 Å². The molecule has 15 heavy (non-hydrogen) atoms. The largest absolute Gasteiger partial charge is 0.467 e. The predicted octanol–water partition coefficient (Wildman–Crippen LogP) is 1.04. The molecule has 0 aromatic carbocycles. The maximum Gasteiger partial charge on any atom is 0.331 e. The summed E-state index contributed by atoms with van der Waals surface area (Å²) in [6.07, 6.45) is 1.94. The van der Waals surface area contributed by atoms with Crippen molar-refractivity contribution in [1.29, 1.82) is 0 Å². The molecule has 0 aromatic rings. The number of unbranched alkanes of at least 4 members (excludes halogenated alkanes) is 1. The Morgan fingerprint density at radius 3 is 2.40 bits per heavy atom. The molecule has 88 valence electrons. The van der Waals surface area contributed by atoms with Crippen LogP contribution in [0.4, 0.5) is 4.79 Å². The minimum atomic E-state index is -0.995. The number of amides is 2. The van der Waals surface area contributed by atoms with Crippen molar-refractivity contribution >= 4 is 12.0 Å². The lowest BCUT2D eigenvalue weighted by atomic mass is 10.1. The highest BCUT2D eigenvalue weighted by molar-refractivity contribution is 5.86. The highest BCUT2D eigenvalue weighted by Crippen LogP contribution is 2.03. The van der Waals surface area contributed by atoms with Gasteiger partial charge in [0.1, 0.15) is 5.54 Å². The highest BCUT2D eigenvalue weighted by Gasteiger charge is 2.30. The zero-order valence-electron chi connectivity index (χ0n) is 9.85. The van der Waals surface area contributed by atoms with E-state index in [4.69, 9.17) is 0 Å². The fourth-order valence-corrected chi connectivity index (χ4v) is 1.01. The number of nitrogens with one attached hydrogen (secondary N) is 2. The van der Waals surface area contributed by atoms with Gasteiger partial charge in [0.2, 0.25) is 0 Å². The van der Waals surface area contributed by atoms with E-state index in [1.54, 1.807) is 13.8 Å². The Bertz CT molecular complexity index is 227. The van der Waals surface area contributed by atoms with Crippen LogP contribution in [0.3, 0.4) is 0 Å². The van der Waals surface area contributed by atoms with Crippen LogP contribution in [0.1, 0.15) is 33.6 Å². The van der Waals surface area contributed by atoms with Crippen LogP contribution in [0.25, 0.3) is 0 Å². The van der Waals surface area contributed by atoms with E-state index in [1.165, 1.54) is 7.11 Å². The predicted molar refractivity (Wildman–Crippen MR) is 57.5 cm³/mol. The first-order valence-corrected chi connectivity index (χ1v) is 5.08. The van der Waals surface area contributed by atoms with E-state index in [2.05, 4.69) is 15.4 Å². The van der Waals surface area contributed by atoms with Crippen molar-refractivity contribution in [3.8, 4) is 0 Å². The van der Waals surface area contributed by atoms with Crippen molar-refractivity contribution in [2.24, 2.45) is 0 Å². The van der Waals surface area contributed by atoms with Crippen LogP contribution in [0, 0.1) is 0 Å². The second-order valence-electron chi connectivity index (χ2n) is 3.85. The number of carbonyl (C=O) groups is 2. The van der Waals surface area contributed by atoms with Crippen LogP contribution in [0.2, 0.25) is 0 Å². The summed E-state index contributed by atoms with van der Waals surface area (Å²) in [7, 11) is 1.29. The van der Waals surface area contributed by atoms with Crippen LogP contribution in [-0.2, 0) is 9.53 Å². The fourth-order valence-electron chi connectivity index (χ4n) is 1.01. The number of ether oxygens (including phenoxy) is 1. The Hall–Kier alpha value is -1.26. The number of urea groups is 1. The van der Waals surface area contributed by atoms with E-state index in [1.807, 2.05) is 6.92 Å². The van der Waals surface area contributed by atoms with E-state index < -0.39 is 11.5 Å². The second-order valence-corrected chi connectivity index (χ2v) is 3.85. The standard InChI is InChI=1S/C10H20N2O3/c1-5-6-7-11-9(14)12-10(2,3)8(13)15-4/h5-7H2,1-4H3,(H2,11,12,14). The van der Waals surface area contributed by atoms with Crippen LogP contribution in [0.15, 0.2) is 0 Å². The number of carbonyl (C=O) groups excluding carboxylic acids is 2. The van der Waals surface area contributed by atoms with E-state index in [9.17, 15) is 9.59 Å². The molecule has 0 saturated heterocycles. The summed E-state index contributed by atoms with van der Waals surface area (Å²) in [4.78, 5) is 22.6. The second kappa shape index (κ2) is 6.27. The van der Waals surface area contributed by atoms with Crippen LogP contribution in [-0.4, -0.2) is 31.2 Å². The number of esters is 1. The summed E-state index contributed by atoms with van der Waals surface area (Å²) in [6, 6.07) is -0.348. The Labute approximate surface area is 90.6 Å². The van der Waals surface area contributed by atoms with Gasteiger partial charge in [-0.1, -0.05) is 13.3 Å². The van der Waals surface area contributed by atoms with Gasteiger partial charge >= 0.3 is 12.0 Å². The van der Waals surface area contributed by atoms with Gasteiger partial charge in [-0.05, 0) is 20.3 Å². The van der Waals surface area contributed by atoms with Gasteiger partial charge in [0.05, 0.1) is 7.11 Å². The average Bonchev–Trinajstić information content (AvgIpc) is 2.16. The molecule has 5 heteroatoms. The molecular weight excluding hydrogens is 196 g/mol. The lowest BCUT2D eigenvalue weighted by Gasteiger charge is -2.23. The summed E-state index contributed by atoms with van der Waals surface area (Å²) >= 11 is 0. The first kappa shape index (κ1) is 13.7. The Kier molecular flexibility index (Phi) is 5.74. The van der Waals surface area contributed by atoms with Crippen molar-refractivity contribution in [2.45, 2.75) is 39.2 Å². The van der Waals surface area contributed by atoms with E-state index >= 15 is 0 Å². The fraction of sp³-hybridized carbons (Fsp3) is 0.800. The average molecular weight is 216 g/mol. The smallest absolute Gasteiger partial charge is 0.331 e. The van der Waals surface area contributed by atoms with E-state index in [0.717, 1.165) is 12.8 Å². The van der Waals surface area contributed by atoms with Gasteiger partial charge in [-0.3, -0.25) is 0 Å². The first-order valence-electron chi connectivity index (χ1n) is 5.08. The molecule has 2 N–H and O–H groups in total. The molecule has 0 saturated carbocycles. The Balaban J connectivity index is 3.99. The molecular formula is C10H20N2O3. The van der Waals surface area contributed by atoms with Crippen LogP contribution < -0.4 is 10.6 Å². The zero-order valence-corrected chi connectivity index (χ0v) is 9.85. The third-order valence-corrected chi connectivity index (χ3v) is 1.94. The van der Waals surface area contributed by atoms with Crippen LogP contribution in [0.5, 0.6) is 0 Å². The number of methoxy groups -OCH3 is 1. The summed E-state index contributed by atoms with van der Waals surface area (Å²) in [5, 5.41) is 5.20. The molecule has 0 unspecified atom stereocenters. The quantitative estimate of drug-likeness (QED) is 0.533. The maximum absolute atomic E-state index is 11.3. The minimum Gasteiger partial charge on any atom is -0.467 e. The van der Waals surface area contributed by atoms with Gasteiger partial charge in [0, 0.05) is 6.54 Å². The van der Waals surface area contributed by atoms with Crippen molar-refractivity contribution in [1.82, 2.24) is 10.6 Å². The van der Waals surface area contributed by atoms with Gasteiger partial charge in [0.25, 0.3) is 0 Å². The van der Waals surface area contributed by atoms with Gasteiger partial charge in [-0.2, -0.15) is 0 Å². The summed E-state index contributed by atoms with van der Waals surface area (Å²) in [5.74, 6) is -0.465. The lowest BCUT2D eigenvalue weighted by molar-refractivity contribution is -0.146. The summed E-state index contributed by atoms with van der Waals surface area (Å²) < 4.78 is 4.56. The Morgan fingerprint density at radius 2 is 1.93 bits per heavy atom. The molecule has 0 aromatic heterocycles. The minimum absolute atomic E-state index is 0.348. The molecule has 0 aliphatic heterocycles. The molecule has 0 bridgehead atoms. The van der Waals surface area contributed by atoms with Crippen molar-refractivity contribution < 1.29 is 14.3 Å². The highest BCUT2D eigenvalue weighted by atomic mass is 16.5. The third-order valence-electron chi connectivity index (χ3n) is 1.94. The first-order chi connectivity index (χ1) is 6.94. The maximum atomic E-state index is 11.3. The molecule has 0 aliphatic carbocycles. The number of hydrogen-bond acceptors (Lipinski definition) is 3. The van der Waals surface area contributed by atoms with Crippen molar-refractivity contribution in [2.75, 3.05) is 13.7 Å². The van der Waals surface area contributed by atoms with Crippen molar-refractivity contribution in [3.63, 3.8) is 0 Å². The Morgan fingerprint density at radius 1 is 1.33 bits per heavy atom. The molecule has 2 amide bonds. The molecule has 5 nitrogen and oxygen atoms in total. The lowest BCUT2D eigenvalue weighted by Crippen LogP contribution is -2.53. The monoisotopic (exact) mass is 216 g/mol. The van der Waals surface area contributed by atoms with Crippen molar-refractivity contribution in [3.05, 3.63) is 0 Å². The number of rotatable bonds is 5. The molecule has 0 heterocycles. The SMILES string of the molecule is CCCCNC(=O)NC(C)(C)C(=O)OC. The molecule has 0 rings (SSSR count). The van der Waals surface area contributed by atoms with Gasteiger partial charge in [-0.15, -0.1) is 0 Å². The van der Waals surface area contributed by atoms with Crippen LogP contribution >= 0.6 is 0 Å². The molecule has 0 fully saturated rings. The normalized spacial score (nSPS) is 10.7. The van der Waals surface area contributed by atoms with E-state index in [0.29, 0.717) is 6.54 Å². The third kappa shape index (κ3) is 5.24. The van der Waals surface area contributed by atoms with Gasteiger partial charge in [0.15, 0.2) is 0 Å². The summed E-state index contributed by atoms with van der Waals surface area (Å²) in [6.45, 7) is 5.84. The molecule has 0 atom stereocenters.